The molecule has 0 aliphatic carbocycles. The van der Waals surface area contributed by atoms with E-state index in [1.54, 1.807) is 12.5 Å². The smallest absolute Gasteiger partial charge is 0.336 e. The first-order chi connectivity index (χ1) is 9.07. The number of carbonyl (C=O) groups is 1. The van der Waals surface area contributed by atoms with E-state index in [-0.39, 0.29) is 5.56 Å². The minimum Gasteiger partial charge on any atom is -0.478 e. The van der Waals surface area contributed by atoms with Crippen LogP contribution in [0.1, 0.15) is 15.9 Å². The maximum atomic E-state index is 10.6. The number of rotatable bonds is 3. The molecule has 1 aromatic rings. The average molecular weight is 304 g/mol. The lowest BCUT2D eigenvalue weighted by Gasteiger charge is -2.00. The van der Waals surface area contributed by atoms with Crippen LogP contribution in [-0.2, 0) is 10.8 Å². The number of carboxylic acids is 1. The van der Waals surface area contributed by atoms with E-state index in [0.29, 0.717) is 0 Å². The van der Waals surface area contributed by atoms with Gasteiger partial charge in [-0.25, -0.2) is 4.79 Å². The van der Waals surface area contributed by atoms with Crippen molar-refractivity contribution in [1.82, 2.24) is 0 Å². The number of hydrogen-bond donors (Lipinski definition) is 1. The number of aromatic carboxylic acids is 1. The molecule has 110 valence electrons. The average Bonchev–Trinajstić information content (AvgIpc) is 2.27. The molecule has 0 fully saturated rings. The number of hydrogen-bond acceptors (Lipinski definition) is 6. The van der Waals surface area contributed by atoms with Crippen molar-refractivity contribution in [1.29, 1.82) is 0 Å². The van der Waals surface area contributed by atoms with Crippen LogP contribution in [0.2, 0.25) is 0 Å². The number of carboxylic acid groups (broad SMARTS) is 1. The fourth-order valence-corrected chi connectivity index (χ4v) is 1.19. The van der Waals surface area contributed by atoms with E-state index in [0.717, 1.165) is 12.1 Å². The number of nitro groups is 2. The van der Waals surface area contributed by atoms with E-state index in [9.17, 15) is 29.2 Å². The highest BCUT2D eigenvalue weighted by Gasteiger charge is 2.24. The lowest BCUT2D eigenvalue weighted by Crippen LogP contribution is -2.03. The van der Waals surface area contributed by atoms with Gasteiger partial charge in [-0.05, 0) is 6.92 Å². The highest BCUT2D eigenvalue weighted by molar-refractivity contribution is 7.83. The summed E-state index contributed by atoms with van der Waals surface area (Å²) in [5.41, 5.74) is -1.80. The summed E-state index contributed by atoms with van der Waals surface area (Å²) < 4.78 is 9.56. The standard InChI is InChI=1S/C8H6N2O6.C2H6OS/c1-4-6(9(13)14)2-5(8(11)12)3-7(4)10(15)16;1-4(2)3/h2-3H,1H3,(H,11,12);1-2H3. The Labute approximate surface area is 116 Å². The predicted octanol–water partition coefficient (Wildman–Crippen LogP) is 1.50. The van der Waals surface area contributed by atoms with E-state index >= 15 is 0 Å². The van der Waals surface area contributed by atoms with Crippen LogP contribution >= 0.6 is 0 Å². The van der Waals surface area contributed by atoms with Crippen LogP contribution in [0.15, 0.2) is 12.1 Å². The second kappa shape index (κ2) is 7.28. The van der Waals surface area contributed by atoms with Crippen LogP contribution in [0.5, 0.6) is 0 Å². The zero-order valence-electron chi connectivity index (χ0n) is 10.9. The van der Waals surface area contributed by atoms with Gasteiger partial charge < -0.3 is 5.11 Å². The summed E-state index contributed by atoms with van der Waals surface area (Å²) in [6, 6.07) is 1.59. The SMILES string of the molecule is CS(C)=O.Cc1c([N+](=O)[O-])cc(C(=O)O)cc1[N+](=O)[O-]. The van der Waals surface area contributed by atoms with Gasteiger partial charge in [-0.1, -0.05) is 0 Å². The zero-order chi connectivity index (χ0) is 16.0. The van der Waals surface area contributed by atoms with E-state index in [2.05, 4.69) is 0 Å². The molecule has 1 aromatic carbocycles. The minimum atomic E-state index is -1.45. The molecule has 9 nitrogen and oxygen atoms in total. The second-order valence-corrected chi connectivity index (χ2v) is 5.18. The van der Waals surface area contributed by atoms with Crippen molar-refractivity contribution in [2.24, 2.45) is 0 Å². The van der Waals surface area contributed by atoms with Crippen molar-refractivity contribution >= 4 is 28.1 Å². The third kappa shape index (κ3) is 5.10. The molecule has 0 spiro atoms. The maximum Gasteiger partial charge on any atom is 0.336 e. The molecule has 0 aliphatic rings. The number of benzene rings is 1. The van der Waals surface area contributed by atoms with E-state index < -0.39 is 43.6 Å². The van der Waals surface area contributed by atoms with Gasteiger partial charge in [-0.2, -0.15) is 0 Å². The van der Waals surface area contributed by atoms with Crippen molar-refractivity contribution in [3.05, 3.63) is 43.5 Å². The molecule has 10 heteroatoms. The molecule has 0 heterocycles. The quantitative estimate of drug-likeness (QED) is 0.658. The van der Waals surface area contributed by atoms with E-state index in [1.807, 2.05) is 0 Å². The van der Waals surface area contributed by atoms with Gasteiger partial charge in [-0.15, -0.1) is 0 Å². The molecule has 0 radical (unpaired) electrons. The topological polar surface area (TPSA) is 141 Å². The largest absolute Gasteiger partial charge is 0.478 e. The van der Waals surface area contributed by atoms with Crippen LogP contribution in [0.4, 0.5) is 11.4 Å². The molecule has 0 atom stereocenters. The highest BCUT2D eigenvalue weighted by Crippen LogP contribution is 2.29. The molecule has 1 N–H and O–H groups in total. The molecule has 0 aromatic heterocycles. The summed E-state index contributed by atoms with van der Waals surface area (Å²) in [6.07, 6.45) is 3.28. The fourth-order valence-electron chi connectivity index (χ4n) is 1.19. The lowest BCUT2D eigenvalue weighted by atomic mass is 10.1. The van der Waals surface area contributed by atoms with Crippen molar-refractivity contribution in [3.8, 4) is 0 Å². The lowest BCUT2D eigenvalue weighted by molar-refractivity contribution is -0.395. The molecule has 0 saturated carbocycles. The van der Waals surface area contributed by atoms with Gasteiger partial charge in [-0.3, -0.25) is 24.4 Å². The number of nitro benzene ring substituents is 2. The van der Waals surface area contributed by atoms with Crippen molar-refractivity contribution < 1.29 is 24.0 Å². The Balaban J connectivity index is 0.000000796. The van der Waals surface area contributed by atoms with Crippen LogP contribution in [0, 0.1) is 27.2 Å². The Hall–Kier alpha value is -2.36. The van der Waals surface area contributed by atoms with Crippen LogP contribution in [-0.4, -0.2) is 37.6 Å². The molecule has 20 heavy (non-hydrogen) atoms. The summed E-state index contributed by atoms with van der Waals surface area (Å²) in [4.78, 5) is 30.0. The first kappa shape index (κ1) is 17.6. The van der Waals surface area contributed by atoms with Gasteiger partial charge in [0.1, 0.15) is 5.56 Å². The van der Waals surface area contributed by atoms with Crippen molar-refractivity contribution in [2.75, 3.05) is 12.5 Å². The molecule has 0 aliphatic heterocycles. The van der Waals surface area contributed by atoms with Crippen LogP contribution < -0.4 is 0 Å². The first-order valence-electron chi connectivity index (χ1n) is 4.99. The van der Waals surface area contributed by atoms with Crippen LogP contribution in [0.3, 0.4) is 0 Å². The van der Waals surface area contributed by atoms with Gasteiger partial charge >= 0.3 is 5.97 Å². The summed E-state index contributed by atoms with van der Waals surface area (Å²) in [5, 5.41) is 29.8. The molecule has 1 rings (SSSR count). The Morgan fingerprint density at radius 3 is 1.65 bits per heavy atom. The fraction of sp³-hybridized carbons (Fsp3) is 0.300. The number of nitrogens with zero attached hydrogens (tertiary/aromatic N) is 2. The summed E-state index contributed by atoms with van der Waals surface area (Å²) in [7, 11) is -0.611. The van der Waals surface area contributed by atoms with E-state index in [4.69, 9.17) is 5.11 Å². The summed E-state index contributed by atoms with van der Waals surface area (Å²) >= 11 is 0. The maximum absolute atomic E-state index is 10.6. The molecule has 0 amide bonds. The Morgan fingerprint density at radius 2 is 1.45 bits per heavy atom. The Morgan fingerprint density at radius 1 is 1.15 bits per heavy atom. The van der Waals surface area contributed by atoms with Crippen molar-refractivity contribution in [3.63, 3.8) is 0 Å². The predicted molar refractivity (Wildman–Crippen MR) is 71.4 cm³/mol. The molecule has 0 unspecified atom stereocenters. The van der Waals surface area contributed by atoms with Gasteiger partial charge in [0.2, 0.25) is 0 Å². The van der Waals surface area contributed by atoms with Gasteiger partial charge in [0, 0.05) is 35.4 Å². The summed E-state index contributed by atoms with van der Waals surface area (Å²) in [5.74, 6) is -1.45. The third-order valence-corrected chi connectivity index (χ3v) is 1.99. The van der Waals surface area contributed by atoms with Gasteiger partial charge in [0.15, 0.2) is 0 Å². The molecule has 0 bridgehead atoms. The molecule has 0 saturated heterocycles. The van der Waals surface area contributed by atoms with Crippen LogP contribution in [0.25, 0.3) is 0 Å². The monoisotopic (exact) mass is 304 g/mol. The van der Waals surface area contributed by atoms with E-state index in [1.165, 1.54) is 6.92 Å². The minimum absolute atomic E-state index is 0.167. The summed E-state index contributed by atoms with van der Waals surface area (Å²) in [6.45, 7) is 1.20. The second-order valence-electron chi connectivity index (χ2n) is 3.70. The Kier molecular flexibility index (Phi) is 6.42. The Bertz CT molecular complexity index is 546. The molecular formula is C10H12N2O7S. The first-order valence-corrected chi connectivity index (χ1v) is 6.96. The van der Waals surface area contributed by atoms with Gasteiger partial charge in [0.25, 0.3) is 11.4 Å². The van der Waals surface area contributed by atoms with Crippen molar-refractivity contribution in [2.45, 2.75) is 6.92 Å². The van der Waals surface area contributed by atoms with Gasteiger partial charge in [0.05, 0.1) is 15.4 Å². The molecular weight excluding hydrogens is 292 g/mol. The normalized spacial score (nSPS) is 9.60. The highest BCUT2D eigenvalue weighted by atomic mass is 32.2. The third-order valence-electron chi connectivity index (χ3n) is 1.99. The zero-order valence-corrected chi connectivity index (χ0v) is 11.7.